The van der Waals surface area contributed by atoms with Gasteiger partial charge in [-0.3, -0.25) is 4.79 Å². The number of carbonyl (C=O) groups excluding carboxylic acids is 1. The smallest absolute Gasteiger partial charge is 0.196 e. The molecule has 0 amide bonds. The van der Waals surface area contributed by atoms with E-state index in [1.807, 2.05) is 36.4 Å². The number of benzene rings is 2. The third-order valence-electron chi connectivity index (χ3n) is 5.01. The summed E-state index contributed by atoms with van der Waals surface area (Å²) in [7, 11) is 0. The first kappa shape index (κ1) is 24.4. The second kappa shape index (κ2) is 10.6. The number of aromatic nitrogens is 1. The molecule has 0 fully saturated rings. The summed E-state index contributed by atoms with van der Waals surface area (Å²) in [5, 5.41) is 1.04. The van der Waals surface area contributed by atoms with Gasteiger partial charge in [0.25, 0.3) is 0 Å². The number of rotatable bonds is 10. The van der Waals surface area contributed by atoms with E-state index in [1.54, 1.807) is 0 Å². The van der Waals surface area contributed by atoms with E-state index in [0.29, 0.717) is 47.8 Å². The number of hydrogen-bond donors (Lipinski definition) is 0. The topological polar surface area (TPSA) is 40.5 Å². The highest BCUT2D eigenvalue weighted by Gasteiger charge is 2.18. The van der Waals surface area contributed by atoms with Crippen LogP contribution in [-0.4, -0.2) is 23.6 Å². The van der Waals surface area contributed by atoms with Crippen LogP contribution >= 0.6 is 15.9 Å². The zero-order chi connectivity index (χ0) is 23.4. The molecule has 0 bridgehead atoms. The van der Waals surface area contributed by atoms with Crippen molar-refractivity contribution in [1.29, 1.82) is 0 Å². The Hall–Kier alpha value is -2.27. The van der Waals surface area contributed by atoms with Gasteiger partial charge in [0.2, 0.25) is 0 Å². The van der Waals surface area contributed by atoms with Gasteiger partial charge in [-0.1, -0.05) is 41.5 Å². The lowest BCUT2D eigenvalue weighted by Crippen LogP contribution is -2.11. The average Bonchev–Trinajstić information content (AvgIpc) is 3.04. The summed E-state index contributed by atoms with van der Waals surface area (Å²) in [6, 6.07) is 11.4. The van der Waals surface area contributed by atoms with Crippen molar-refractivity contribution in [2.75, 3.05) is 13.2 Å². The zero-order valence-corrected chi connectivity index (χ0v) is 21.5. The summed E-state index contributed by atoms with van der Waals surface area (Å²) in [5.41, 5.74) is 2.32. The van der Waals surface area contributed by atoms with Gasteiger partial charge in [0, 0.05) is 39.7 Å². The highest BCUT2D eigenvalue weighted by molar-refractivity contribution is 9.10. The quantitative estimate of drug-likeness (QED) is 0.273. The molecule has 5 heteroatoms. The number of hydrogen-bond acceptors (Lipinski definition) is 3. The summed E-state index contributed by atoms with van der Waals surface area (Å²) < 4.78 is 15.1. The van der Waals surface area contributed by atoms with Crippen LogP contribution in [0.3, 0.4) is 0 Å². The molecule has 0 aliphatic carbocycles. The second-order valence-electron chi connectivity index (χ2n) is 9.65. The van der Waals surface area contributed by atoms with Crippen LogP contribution in [0.15, 0.2) is 47.1 Å². The average molecular weight is 500 g/mol. The molecule has 0 atom stereocenters. The number of halogens is 1. The van der Waals surface area contributed by atoms with E-state index < -0.39 is 0 Å². The van der Waals surface area contributed by atoms with Crippen molar-refractivity contribution in [3.8, 4) is 11.5 Å². The minimum absolute atomic E-state index is 0.0513. The Labute approximate surface area is 200 Å². The molecule has 0 spiro atoms. The Balaban J connectivity index is 1.95. The van der Waals surface area contributed by atoms with E-state index in [-0.39, 0.29) is 5.78 Å². The maximum Gasteiger partial charge on any atom is 0.196 e. The minimum Gasteiger partial charge on any atom is -0.493 e. The van der Waals surface area contributed by atoms with Crippen molar-refractivity contribution < 1.29 is 14.3 Å². The maximum atomic E-state index is 13.5. The van der Waals surface area contributed by atoms with Gasteiger partial charge in [-0.2, -0.15) is 0 Å². The summed E-state index contributed by atoms with van der Waals surface area (Å²) in [4.78, 5) is 13.5. The van der Waals surface area contributed by atoms with Crippen LogP contribution in [0, 0.1) is 17.8 Å². The number of ether oxygens (including phenoxy) is 2. The molecule has 4 nitrogen and oxygen atoms in total. The molecule has 172 valence electrons. The zero-order valence-electron chi connectivity index (χ0n) is 19.9. The normalized spacial score (nSPS) is 11.7. The van der Waals surface area contributed by atoms with Gasteiger partial charge in [-0.05, 0) is 64.0 Å². The van der Waals surface area contributed by atoms with Gasteiger partial charge in [0.05, 0.1) is 18.8 Å². The number of fused-ring (bicyclic) bond motifs is 1. The molecular formula is C27H34BrNO3. The van der Waals surface area contributed by atoms with Crippen molar-refractivity contribution in [3.63, 3.8) is 0 Å². The Morgan fingerprint density at radius 2 is 1.59 bits per heavy atom. The van der Waals surface area contributed by atoms with Crippen LogP contribution in [0.2, 0.25) is 0 Å². The number of carbonyl (C=O) groups is 1. The molecule has 0 saturated heterocycles. The third-order valence-corrected chi connectivity index (χ3v) is 5.64. The molecular weight excluding hydrogens is 466 g/mol. The van der Waals surface area contributed by atoms with Crippen LogP contribution in [0.25, 0.3) is 10.9 Å². The van der Waals surface area contributed by atoms with Crippen molar-refractivity contribution in [2.24, 2.45) is 17.8 Å². The Kier molecular flexibility index (Phi) is 8.05. The Bertz CT molecular complexity index is 1080. The maximum absolute atomic E-state index is 13.5. The van der Waals surface area contributed by atoms with Crippen LogP contribution in [-0.2, 0) is 6.54 Å². The molecule has 3 aromatic rings. The number of nitrogens with zero attached hydrogens (tertiary/aromatic N) is 1. The molecule has 0 radical (unpaired) electrons. The van der Waals surface area contributed by atoms with Crippen molar-refractivity contribution in [3.05, 3.63) is 58.2 Å². The summed E-state index contributed by atoms with van der Waals surface area (Å²) in [6.07, 6.45) is 2.09. The lowest BCUT2D eigenvalue weighted by atomic mass is 10.0. The SMILES string of the molecule is CC(C)COc1ccc(C(=O)c2ccc3c(c2)c(Br)cn3CC(C)C)c(OCC(C)C)c1. The molecule has 1 aromatic heterocycles. The summed E-state index contributed by atoms with van der Waals surface area (Å²) in [6.45, 7) is 14.9. The molecule has 32 heavy (non-hydrogen) atoms. The van der Waals surface area contributed by atoms with Crippen LogP contribution < -0.4 is 9.47 Å². The molecule has 0 unspecified atom stereocenters. The van der Waals surface area contributed by atoms with E-state index in [0.717, 1.165) is 27.7 Å². The summed E-state index contributed by atoms with van der Waals surface area (Å²) in [5.74, 6) is 2.55. The van der Waals surface area contributed by atoms with Gasteiger partial charge >= 0.3 is 0 Å². The van der Waals surface area contributed by atoms with Crippen LogP contribution in [0.4, 0.5) is 0 Å². The van der Waals surface area contributed by atoms with Crippen molar-refractivity contribution >= 4 is 32.6 Å². The van der Waals surface area contributed by atoms with Crippen LogP contribution in [0.5, 0.6) is 11.5 Å². The predicted molar refractivity (Wildman–Crippen MR) is 135 cm³/mol. The first-order valence-electron chi connectivity index (χ1n) is 11.4. The van der Waals surface area contributed by atoms with Gasteiger partial charge in [0.15, 0.2) is 5.78 Å². The van der Waals surface area contributed by atoms with Crippen LogP contribution in [0.1, 0.15) is 57.5 Å². The van der Waals surface area contributed by atoms with E-state index in [1.165, 1.54) is 0 Å². The van der Waals surface area contributed by atoms with Gasteiger partial charge in [-0.25, -0.2) is 0 Å². The third kappa shape index (κ3) is 5.94. The fourth-order valence-corrected chi connectivity index (χ4v) is 4.08. The molecule has 1 heterocycles. The molecule has 2 aromatic carbocycles. The highest BCUT2D eigenvalue weighted by Crippen LogP contribution is 2.31. The molecule has 0 saturated carbocycles. The minimum atomic E-state index is -0.0513. The van der Waals surface area contributed by atoms with E-state index in [4.69, 9.17) is 9.47 Å². The Morgan fingerprint density at radius 1 is 0.906 bits per heavy atom. The first-order chi connectivity index (χ1) is 15.2. The second-order valence-corrected chi connectivity index (χ2v) is 10.5. The summed E-state index contributed by atoms with van der Waals surface area (Å²) >= 11 is 3.67. The standard InChI is InChI=1S/C27H34BrNO3/c1-17(2)13-29-14-24(28)23-11-20(7-10-25(23)29)27(30)22-9-8-21(31-15-18(3)4)12-26(22)32-16-19(5)6/h7-12,14,17-19H,13,15-16H2,1-6H3. The highest BCUT2D eigenvalue weighted by atomic mass is 79.9. The monoisotopic (exact) mass is 499 g/mol. The Morgan fingerprint density at radius 3 is 2.25 bits per heavy atom. The lowest BCUT2D eigenvalue weighted by Gasteiger charge is -2.15. The van der Waals surface area contributed by atoms with E-state index in [9.17, 15) is 4.79 Å². The fraction of sp³-hybridized carbons (Fsp3) is 0.444. The van der Waals surface area contributed by atoms with Gasteiger partial charge < -0.3 is 14.0 Å². The van der Waals surface area contributed by atoms with E-state index >= 15 is 0 Å². The fourth-order valence-electron chi connectivity index (χ4n) is 3.51. The van der Waals surface area contributed by atoms with Crippen molar-refractivity contribution in [2.45, 2.75) is 48.1 Å². The lowest BCUT2D eigenvalue weighted by molar-refractivity contribution is 0.103. The molecule has 0 N–H and O–H groups in total. The van der Waals surface area contributed by atoms with Gasteiger partial charge in [-0.15, -0.1) is 0 Å². The first-order valence-corrected chi connectivity index (χ1v) is 12.2. The molecule has 0 aliphatic rings. The molecule has 0 aliphatic heterocycles. The molecule has 3 rings (SSSR count). The largest absolute Gasteiger partial charge is 0.493 e. The van der Waals surface area contributed by atoms with E-state index in [2.05, 4.69) is 68.2 Å². The van der Waals surface area contributed by atoms with Gasteiger partial charge in [0.1, 0.15) is 11.5 Å². The predicted octanol–water partition coefficient (Wildman–Crippen LogP) is 7.36. The van der Waals surface area contributed by atoms with Crippen molar-refractivity contribution in [1.82, 2.24) is 4.57 Å². The number of ketones is 1.